The number of carbonyl (C=O) groups is 2. The number of rotatable bonds is 10. The van der Waals surface area contributed by atoms with Crippen molar-refractivity contribution in [2.45, 2.75) is 20.0 Å². The Labute approximate surface area is 122 Å². The third-order valence-corrected chi connectivity index (χ3v) is 2.86. The predicted octanol–water partition coefficient (Wildman–Crippen LogP) is 0.163. The van der Waals surface area contributed by atoms with Crippen molar-refractivity contribution in [1.29, 1.82) is 0 Å². The highest BCUT2D eigenvalue weighted by molar-refractivity contribution is 7.47. The van der Waals surface area contributed by atoms with Gasteiger partial charge in [0.1, 0.15) is 12.7 Å². The number of ether oxygens (including phenoxy) is 2. The van der Waals surface area contributed by atoms with Crippen molar-refractivity contribution < 1.29 is 42.7 Å². The topological polar surface area (TPSA) is 129 Å². The lowest BCUT2D eigenvalue weighted by molar-refractivity contribution is -0.150. The molecule has 9 nitrogen and oxygen atoms in total. The van der Waals surface area contributed by atoms with Gasteiger partial charge in [0.15, 0.2) is 0 Å². The largest absolute Gasteiger partial charge is 0.472 e. The number of esters is 2. The molecule has 0 aliphatic rings. The Morgan fingerprint density at radius 1 is 1.24 bits per heavy atom. The van der Waals surface area contributed by atoms with Crippen LogP contribution in [0.1, 0.15) is 13.8 Å². The first-order valence-corrected chi connectivity index (χ1v) is 7.40. The maximum absolute atomic E-state index is 11.4. The molecule has 2 N–H and O–H groups in total. The van der Waals surface area contributed by atoms with Crippen LogP contribution in [0.4, 0.5) is 0 Å². The van der Waals surface area contributed by atoms with Gasteiger partial charge in [0.2, 0.25) is 0 Å². The van der Waals surface area contributed by atoms with E-state index >= 15 is 0 Å². The van der Waals surface area contributed by atoms with Gasteiger partial charge in [0.25, 0.3) is 0 Å². The standard InChI is InChI=1S/C11H19O9P/c1-8(2)11(14)17-4-5-18-21(15,16)19-7-10(6-12)20-9(3)13/h10,12H,1,4-7H2,2-3H3,(H,15,16). The van der Waals surface area contributed by atoms with E-state index in [4.69, 9.17) is 5.11 Å². The number of aliphatic hydroxyl groups is 1. The highest BCUT2D eigenvalue weighted by Crippen LogP contribution is 2.43. The number of phosphoric acid groups is 1. The van der Waals surface area contributed by atoms with Gasteiger partial charge in [-0.3, -0.25) is 13.8 Å². The van der Waals surface area contributed by atoms with Crippen LogP contribution in [0.3, 0.4) is 0 Å². The zero-order chi connectivity index (χ0) is 16.5. The summed E-state index contributed by atoms with van der Waals surface area (Å²) in [6.07, 6.45) is -1.08. The van der Waals surface area contributed by atoms with E-state index in [2.05, 4.69) is 25.1 Å². The van der Waals surface area contributed by atoms with Gasteiger partial charge in [0.05, 0.1) is 19.8 Å². The first-order chi connectivity index (χ1) is 9.68. The van der Waals surface area contributed by atoms with Crippen LogP contribution in [-0.2, 0) is 32.7 Å². The van der Waals surface area contributed by atoms with Gasteiger partial charge in [-0.25, -0.2) is 9.36 Å². The van der Waals surface area contributed by atoms with Crippen molar-refractivity contribution in [3.63, 3.8) is 0 Å². The summed E-state index contributed by atoms with van der Waals surface area (Å²) in [6, 6.07) is 0. The molecule has 2 unspecified atom stereocenters. The second-order valence-corrected chi connectivity index (χ2v) is 5.38. The molecule has 0 amide bonds. The molecule has 0 aromatic rings. The second-order valence-electron chi connectivity index (χ2n) is 3.93. The van der Waals surface area contributed by atoms with Crippen LogP contribution in [-0.4, -0.2) is 54.5 Å². The van der Waals surface area contributed by atoms with E-state index in [0.29, 0.717) is 0 Å². The number of aliphatic hydroxyl groups excluding tert-OH is 1. The minimum Gasteiger partial charge on any atom is -0.460 e. The van der Waals surface area contributed by atoms with Crippen molar-refractivity contribution in [3.8, 4) is 0 Å². The Balaban J connectivity index is 4.02. The molecule has 0 saturated carbocycles. The first-order valence-electron chi connectivity index (χ1n) is 5.90. The Morgan fingerprint density at radius 2 is 1.86 bits per heavy atom. The fraction of sp³-hybridized carbons (Fsp3) is 0.636. The fourth-order valence-corrected chi connectivity index (χ4v) is 1.72. The van der Waals surface area contributed by atoms with Crippen LogP contribution in [0.15, 0.2) is 12.2 Å². The normalized spacial score (nSPS) is 14.9. The van der Waals surface area contributed by atoms with Gasteiger partial charge in [-0.1, -0.05) is 6.58 Å². The summed E-state index contributed by atoms with van der Waals surface area (Å²) in [7, 11) is -4.40. The molecule has 0 aliphatic carbocycles. The molecule has 0 heterocycles. The SMILES string of the molecule is C=C(C)C(=O)OCCOP(=O)(O)OCC(CO)OC(C)=O. The summed E-state index contributed by atoms with van der Waals surface area (Å²) in [5, 5.41) is 8.86. The van der Waals surface area contributed by atoms with Crippen LogP contribution >= 0.6 is 7.82 Å². The van der Waals surface area contributed by atoms with Gasteiger partial charge in [-0.2, -0.15) is 0 Å². The Kier molecular flexibility index (Phi) is 9.07. The van der Waals surface area contributed by atoms with Crippen molar-refractivity contribution >= 4 is 19.8 Å². The Morgan fingerprint density at radius 3 is 2.33 bits per heavy atom. The van der Waals surface area contributed by atoms with E-state index in [1.807, 2.05) is 0 Å². The molecule has 0 spiro atoms. The van der Waals surface area contributed by atoms with Crippen LogP contribution in [0, 0.1) is 0 Å². The minimum absolute atomic E-state index is 0.186. The van der Waals surface area contributed by atoms with Gasteiger partial charge in [0, 0.05) is 12.5 Å². The minimum atomic E-state index is -4.40. The highest BCUT2D eigenvalue weighted by Gasteiger charge is 2.24. The van der Waals surface area contributed by atoms with E-state index < -0.39 is 39.1 Å². The van der Waals surface area contributed by atoms with E-state index in [-0.39, 0.29) is 18.8 Å². The number of carbonyl (C=O) groups excluding carboxylic acids is 2. The zero-order valence-corrected chi connectivity index (χ0v) is 12.7. The first kappa shape index (κ1) is 19.8. The lowest BCUT2D eigenvalue weighted by Crippen LogP contribution is -2.25. The molecule has 0 rings (SSSR count). The van der Waals surface area contributed by atoms with Crippen molar-refractivity contribution in [1.82, 2.24) is 0 Å². The van der Waals surface area contributed by atoms with E-state index in [1.165, 1.54) is 6.92 Å². The lowest BCUT2D eigenvalue weighted by atomic mass is 10.4. The second kappa shape index (κ2) is 9.64. The molecule has 122 valence electrons. The molecule has 21 heavy (non-hydrogen) atoms. The summed E-state index contributed by atoms with van der Waals surface area (Å²) >= 11 is 0. The summed E-state index contributed by atoms with van der Waals surface area (Å²) in [4.78, 5) is 31.0. The third-order valence-electron chi connectivity index (χ3n) is 1.88. The predicted molar refractivity (Wildman–Crippen MR) is 70.1 cm³/mol. The molecule has 2 atom stereocenters. The van der Waals surface area contributed by atoms with Gasteiger partial charge in [-0.15, -0.1) is 0 Å². The summed E-state index contributed by atoms with van der Waals surface area (Å²) in [6.45, 7) is 4.21. The van der Waals surface area contributed by atoms with Crippen molar-refractivity contribution in [2.75, 3.05) is 26.4 Å². The summed E-state index contributed by atoms with van der Waals surface area (Å²) in [5.41, 5.74) is 0.186. The molecule has 0 aliphatic heterocycles. The number of hydrogen-bond acceptors (Lipinski definition) is 8. The maximum Gasteiger partial charge on any atom is 0.472 e. The fourth-order valence-electron chi connectivity index (χ4n) is 0.983. The number of hydrogen-bond donors (Lipinski definition) is 2. The van der Waals surface area contributed by atoms with E-state index in [9.17, 15) is 19.0 Å². The molecular weight excluding hydrogens is 307 g/mol. The monoisotopic (exact) mass is 326 g/mol. The van der Waals surface area contributed by atoms with Crippen molar-refractivity contribution in [3.05, 3.63) is 12.2 Å². The maximum atomic E-state index is 11.4. The van der Waals surface area contributed by atoms with Crippen LogP contribution < -0.4 is 0 Å². The lowest BCUT2D eigenvalue weighted by Gasteiger charge is -2.17. The van der Waals surface area contributed by atoms with Crippen LogP contribution in [0.5, 0.6) is 0 Å². The molecule has 0 aromatic heterocycles. The molecule has 0 radical (unpaired) electrons. The van der Waals surface area contributed by atoms with Gasteiger partial charge < -0.3 is 19.5 Å². The van der Waals surface area contributed by atoms with Gasteiger partial charge >= 0.3 is 19.8 Å². The smallest absolute Gasteiger partial charge is 0.460 e. The molecule has 0 fully saturated rings. The Bertz CT molecular complexity index is 420. The van der Waals surface area contributed by atoms with Crippen LogP contribution in [0.2, 0.25) is 0 Å². The van der Waals surface area contributed by atoms with Gasteiger partial charge in [-0.05, 0) is 6.92 Å². The average Bonchev–Trinajstić information content (AvgIpc) is 2.38. The average molecular weight is 326 g/mol. The summed E-state index contributed by atoms with van der Waals surface area (Å²) < 4.78 is 29.7. The van der Waals surface area contributed by atoms with E-state index in [0.717, 1.165) is 6.92 Å². The molecule has 0 aromatic carbocycles. The van der Waals surface area contributed by atoms with Crippen molar-refractivity contribution in [2.24, 2.45) is 0 Å². The molecule has 0 bridgehead atoms. The molecular formula is C11H19O9P. The highest BCUT2D eigenvalue weighted by atomic mass is 31.2. The van der Waals surface area contributed by atoms with Crippen LogP contribution in [0.25, 0.3) is 0 Å². The third kappa shape index (κ3) is 10.2. The Hall–Kier alpha value is -1.25. The molecule has 10 heteroatoms. The summed E-state index contributed by atoms with van der Waals surface area (Å²) in [5.74, 6) is -1.32. The quantitative estimate of drug-likeness (QED) is 0.250. The molecule has 0 saturated heterocycles. The zero-order valence-electron chi connectivity index (χ0n) is 11.8. The number of phosphoric ester groups is 1. The van der Waals surface area contributed by atoms with E-state index in [1.54, 1.807) is 0 Å².